The van der Waals surface area contributed by atoms with E-state index in [1.54, 1.807) is 0 Å². The fourth-order valence-corrected chi connectivity index (χ4v) is 0.659. The Morgan fingerprint density at radius 2 is 2.33 bits per heavy atom. The first-order chi connectivity index (χ1) is 5.66. The fourth-order valence-electron chi connectivity index (χ4n) is 0.659. The molecule has 0 aliphatic heterocycles. The molecular formula is C8H16NO3. The van der Waals surface area contributed by atoms with E-state index >= 15 is 0 Å². The first-order valence-corrected chi connectivity index (χ1v) is 4.03. The maximum Gasteiger partial charge on any atom is 0.404 e. The van der Waals surface area contributed by atoms with Crippen LogP contribution in [0.3, 0.4) is 0 Å². The largest absolute Gasteiger partial charge is 0.444 e. The molecule has 12 heavy (non-hydrogen) atoms. The van der Waals surface area contributed by atoms with Crippen molar-refractivity contribution in [1.82, 2.24) is 0 Å². The number of hydrogen-bond acceptors (Lipinski definition) is 3. The van der Waals surface area contributed by atoms with Crippen LogP contribution in [0.4, 0.5) is 4.79 Å². The highest BCUT2D eigenvalue weighted by Crippen LogP contribution is 1.93. The molecule has 0 bridgehead atoms. The van der Waals surface area contributed by atoms with E-state index in [0.29, 0.717) is 13.2 Å². The van der Waals surface area contributed by atoms with Crippen LogP contribution in [0, 0.1) is 6.92 Å². The zero-order valence-electron chi connectivity index (χ0n) is 7.41. The summed E-state index contributed by atoms with van der Waals surface area (Å²) in [5, 5.41) is 0. The molecule has 0 saturated carbocycles. The Hall–Kier alpha value is -0.770. The number of unbranched alkanes of at least 4 members (excludes halogenated alkanes) is 1. The third-order valence-corrected chi connectivity index (χ3v) is 1.23. The second-order valence-corrected chi connectivity index (χ2v) is 2.49. The van der Waals surface area contributed by atoms with Gasteiger partial charge in [0.2, 0.25) is 0 Å². The lowest BCUT2D eigenvalue weighted by Crippen LogP contribution is -2.24. The molecule has 0 aromatic rings. The Bertz CT molecular complexity index is 127. The molecule has 0 fully saturated rings. The molecule has 0 aliphatic carbocycles. The Balaban J connectivity index is 3.19. The van der Waals surface area contributed by atoms with Gasteiger partial charge in [-0.1, -0.05) is 13.3 Å². The molecule has 0 aromatic carbocycles. The number of hydrogen-bond donors (Lipinski definition) is 1. The van der Waals surface area contributed by atoms with E-state index in [1.807, 2.05) is 0 Å². The molecule has 1 unspecified atom stereocenters. The van der Waals surface area contributed by atoms with Crippen molar-refractivity contribution in [2.24, 2.45) is 5.73 Å². The fraction of sp³-hybridized carbons (Fsp3) is 0.750. The zero-order chi connectivity index (χ0) is 9.40. The molecule has 0 aliphatic rings. The van der Waals surface area contributed by atoms with Crippen molar-refractivity contribution in [3.63, 3.8) is 0 Å². The molecule has 4 nitrogen and oxygen atoms in total. The van der Waals surface area contributed by atoms with E-state index in [1.165, 1.54) is 0 Å². The second-order valence-electron chi connectivity index (χ2n) is 2.49. The van der Waals surface area contributed by atoms with Gasteiger partial charge in [0, 0.05) is 6.61 Å². The van der Waals surface area contributed by atoms with E-state index < -0.39 is 12.2 Å². The van der Waals surface area contributed by atoms with Gasteiger partial charge in [-0.2, -0.15) is 0 Å². The highest BCUT2D eigenvalue weighted by molar-refractivity contribution is 5.64. The number of nitrogens with two attached hydrogens (primary N) is 1. The Morgan fingerprint density at radius 3 is 2.83 bits per heavy atom. The molecule has 2 N–H and O–H groups in total. The minimum Gasteiger partial charge on any atom is -0.444 e. The van der Waals surface area contributed by atoms with Crippen molar-refractivity contribution >= 4 is 6.09 Å². The average Bonchev–Trinajstić information content (AvgIpc) is 1.97. The molecular weight excluding hydrogens is 158 g/mol. The summed E-state index contributed by atoms with van der Waals surface area (Å²) < 4.78 is 9.67. The van der Waals surface area contributed by atoms with Crippen LogP contribution in [-0.2, 0) is 9.47 Å². The predicted molar refractivity (Wildman–Crippen MR) is 45.5 cm³/mol. The number of carbonyl (C=O) groups excluding carboxylic acids is 1. The first-order valence-electron chi connectivity index (χ1n) is 4.03. The Morgan fingerprint density at radius 1 is 1.67 bits per heavy atom. The van der Waals surface area contributed by atoms with Crippen molar-refractivity contribution in [1.29, 1.82) is 0 Å². The minimum absolute atomic E-state index is 0.308. The number of amides is 1. The highest BCUT2D eigenvalue weighted by Gasteiger charge is 2.04. The molecule has 1 radical (unpaired) electrons. The highest BCUT2D eigenvalue weighted by atomic mass is 16.6. The lowest BCUT2D eigenvalue weighted by atomic mass is 10.3. The molecule has 0 aromatic heterocycles. The summed E-state index contributed by atoms with van der Waals surface area (Å²) in [5.41, 5.74) is 4.77. The molecule has 0 rings (SSSR count). The third-order valence-electron chi connectivity index (χ3n) is 1.23. The van der Waals surface area contributed by atoms with Gasteiger partial charge in [-0.25, -0.2) is 4.79 Å². The van der Waals surface area contributed by atoms with Crippen molar-refractivity contribution < 1.29 is 14.3 Å². The van der Waals surface area contributed by atoms with Gasteiger partial charge in [0.25, 0.3) is 0 Å². The quantitative estimate of drug-likeness (QED) is 0.613. The van der Waals surface area contributed by atoms with Gasteiger partial charge < -0.3 is 15.2 Å². The summed E-state index contributed by atoms with van der Waals surface area (Å²) in [5.74, 6) is 0. The first kappa shape index (κ1) is 11.2. The van der Waals surface area contributed by atoms with Crippen LogP contribution in [0.25, 0.3) is 0 Å². The molecule has 1 atom stereocenters. The van der Waals surface area contributed by atoms with Gasteiger partial charge in [-0.15, -0.1) is 0 Å². The summed E-state index contributed by atoms with van der Waals surface area (Å²) in [4.78, 5) is 10.2. The van der Waals surface area contributed by atoms with Gasteiger partial charge in [0.15, 0.2) is 0 Å². The number of primary amides is 1. The molecule has 4 heteroatoms. The van der Waals surface area contributed by atoms with Crippen molar-refractivity contribution in [3.8, 4) is 0 Å². The van der Waals surface area contributed by atoms with Crippen LogP contribution in [-0.4, -0.2) is 25.4 Å². The number of ether oxygens (including phenoxy) is 2. The molecule has 0 heterocycles. The van der Waals surface area contributed by atoms with Crippen LogP contribution in [0.15, 0.2) is 0 Å². The van der Waals surface area contributed by atoms with E-state index in [-0.39, 0.29) is 0 Å². The maximum absolute atomic E-state index is 10.2. The minimum atomic E-state index is -0.811. The lowest BCUT2D eigenvalue weighted by molar-refractivity contribution is 0.0425. The Labute approximate surface area is 73.0 Å². The third kappa shape index (κ3) is 7.34. The number of rotatable bonds is 6. The van der Waals surface area contributed by atoms with Crippen LogP contribution in [0.2, 0.25) is 0 Å². The lowest BCUT2D eigenvalue weighted by Gasteiger charge is -2.10. The van der Waals surface area contributed by atoms with Crippen LogP contribution < -0.4 is 5.73 Å². The van der Waals surface area contributed by atoms with E-state index in [9.17, 15) is 4.79 Å². The summed E-state index contributed by atoms with van der Waals surface area (Å²) in [6.45, 7) is 6.58. The van der Waals surface area contributed by atoms with E-state index in [4.69, 9.17) is 10.5 Å². The smallest absolute Gasteiger partial charge is 0.404 e. The van der Waals surface area contributed by atoms with Crippen LogP contribution in [0.1, 0.15) is 19.8 Å². The van der Waals surface area contributed by atoms with E-state index in [0.717, 1.165) is 12.8 Å². The Kier molecular flexibility index (Phi) is 6.47. The van der Waals surface area contributed by atoms with Gasteiger partial charge >= 0.3 is 6.09 Å². The molecule has 0 saturated heterocycles. The number of carbonyl (C=O) groups is 1. The van der Waals surface area contributed by atoms with Crippen LogP contribution in [0.5, 0.6) is 0 Å². The summed E-state index contributed by atoms with van der Waals surface area (Å²) in [7, 11) is 0. The monoisotopic (exact) mass is 174 g/mol. The summed E-state index contributed by atoms with van der Waals surface area (Å²) >= 11 is 0. The van der Waals surface area contributed by atoms with Crippen LogP contribution >= 0.6 is 0 Å². The van der Waals surface area contributed by atoms with Gasteiger partial charge in [-0.3, -0.25) is 0 Å². The van der Waals surface area contributed by atoms with Gasteiger partial charge in [0.05, 0.1) is 6.61 Å². The van der Waals surface area contributed by atoms with Crippen molar-refractivity contribution in [3.05, 3.63) is 6.92 Å². The van der Waals surface area contributed by atoms with Gasteiger partial charge in [0.1, 0.15) is 6.10 Å². The predicted octanol–water partition coefficient (Wildman–Crippen LogP) is 1.10. The van der Waals surface area contributed by atoms with E-state index in [2.05, 4.69) is 18.6 Å². The summed E-state index contributed by atoms with van der Waals surface area (Å²) in [6, 6.07) is 0. The van der Waals surface area contributed by atoms with Crippen molar-refractivity contribution in [2.45, 2.75) is 25.9 Å². The SMILES string of the molecule is [CH2]C(COCCCC)OC(N)=O. The molecule has 1 amide bonds. The normalized spacial score (nSPS) is 12.5. The maximum atomic E-state index is 10.2. The zero-order valence-corrected chi connectivity index (χ0v) is 7.41. The standard InChI is InChI=1S/C8H16NO3/c1-3-4-5-11-6-7(2)12-8(9)10/h7H,2-6H2,1H3,(H2,9,10). The average molecular weight is 174 g/mol. The van der Waals surface area contributed by atoms with Gasteiger partial charge in [-0.05, 0) is 13.3 Å². The molecule has 0 spiro atoms. The second kappa shape index (κ2) is 6.91. The topological polar surface area (TPSA) is 61.6 Å². The molecule has 71 valence electrons. The summed E-state index contributed by atoms with van der Waals surface area (Å²) in [6.07, 6.45) is 0.773. The van der Waals surface area contributed by atoms with Crippen molar-refractivity contribution in [2.75, 3.05) is 13.2 Å².